The molecule has 0 saturated heterocycles. The lowest BCUT2D eigenvalue weighted by atomic mass is 10.0. The monoisotopic (exact) mass is 251 g/mol. The van der Waals surface area contributed by atoms with E-state index in [0.29, 0.717) is 0 Å². The van der Waals surface area contributed by atoms with Crippen molar-refractivity contribution in [3.63, 3.8) is 0 Å². The number of carbonyl (C=O) groups excluding carboxylic acids is 1. The molecule has 17 heavy (non-hydrogen) atoms. The molecule has 0 aliphatic heterocycles. The number of nitrogens with two attached hydrogens (primary N) is 1. The van der Waals surface area contributed by atoms with Crippen LogP contribution in [0, 0.1) is 19.3 Å². The van der Waals surface area contributed by atoms with Gasteiger partial charge < -0.3 is 10.5 Å². The minimum Gasteiger partial charge on any atom is -0.460 e. The molecule has 0 aliphatic carbocycles. The van der Waals surface area contributed by atoms with Crippen LogP contribution in [0.4, 0.5) is 0 Å². The van der Waals surface area contributed by atoms with Crippen LogP contribution >= 0.6 is 11.3 Å². The number of carbonyl (C=O) groups is 1. The number of aryl methyl sites for hydroxylation is 1. The summed E-state index contributed by atoms with van der Waals surface area (Å²) in [5, 5.41) is 0. The first-order valence-corrected chi connectivity index (χ1v) is 6.26. The summed E-state index contributed by atoms with van der Waals surface area (Å²) in [6.45, 7) is 5.91. The fourth-order valence-electron chi connectivity index (χ4n) is 1.36. The van der Waals surface area contributed by atoms with Crippen molar-refractivity contribution in [3.05, 3.63) is 21.9 Å². The Morgan fingerprint density at radius 1 is 1.53 bits per heavy atom. The van der Waals surface area contributed by atoms with Crippen molar-refractivity contribution in [3.8, 4) is 12.3 Å². The Kier molecular flexibility index (Phi) is 4.73. The number of rotatable bonds is 4. The molecule has 1 aromatic heterocycles. The molecular weight excluding hydrogens is 234 g/mol. The summed E-state index contributed by atoms with van der Waals surface area (Å²) in [6, 6.07) is 3.13. The predicted molar refractivity (Wildman–Crippen MR) is 69.8 cm³/mol. The fraction of sp³-hybridized carbons (Fsp3) is 0.462. The molecule has 0 aromatic carbocycles. The van der Waals surface area contributed by atoms with E-state index < -0.39 is 12.0 Å². The summed E-state index contributed by atoms with van der Waals surface area (Å²) in [5.74, 6) is 1.76. The van der Waals surface area contributed by atoms with Crippen LogP contribution in [0.1, 0.15) is 29.5 Å². The summed E-state index contributed by atoms with van der Waals surface area (Å²) in [6.07, 6.45) is 4.83. The lowest BCUT2D eigenvalue weighted by Gasteiger charge is -2.20. The molecule has 1 heterocycles. The van der Waals surface area contributed by atoms with Crippen LogP contribution in [0.2, 0.25) is 0 Å². The maximum absolute atomic E-state index is 11.4. The number of terminal acetylenes is 1. The van der Waals surface area contributed by atoms with Crippen molar-refractivity contribution in [1.82, 2.24) is 0 Å². The highest BCUT2D eigenvalue weighted by molar-refractivity contribution is 7.12. The molecule has 1 rings (SSSR count). The van der Waals surface area contributed by atoms with Crippen LogP contribution in [0.5, 0.6) is 0 Å². The maximum Gasteiger partial charge on any atom is 0.335 e. The summed E-state index contributed by atoms with van der Waals surface area (Å²) >= 11 is 1.70. The number of hydrogen-bond acceptors (Lipinski definition) is 4. The van der Waals surface area contributed by atoms with Crippen LogP contribution in [-0.4, -0.2) is 18.1 Å². The van der Waals surface area contributed by atoms with Gasteiger partial charge >= 0.3 is 5.97 Å². The minimum absolute atomic E-state index is 0.141. The van der Waals surface area contributed by atoms with Crippen molar-refractivity contribution in [2.24, 2.45) is 5.73 Å². The second kappa shape index (κ2) is 5.85. The van der Waals surface area contributed by atoms with Crippen LogP contribution in [0.15, 0.2) is 12.1 Å². The topological polar surface area (TPSA) is 52.3 Å². The standard InChI is InChI=1S/C13H17NO2S/c1-5-11(14)13(15)16-10(4)9(3)12-7-6-8(2)17-12/h1,6-7,9-11H,14H2,2-4H3/t9-,10+,11+/m1/s1. The molecule has 0 bridgehead atoms. The van der Waals surface area contributed by atoms with Crippen LogP contribution in [-0.2, 0) is 9.53 Å². The van der Waals surface area contributed by atoms with Gasteiger partial charge in [0.15, 0.2) is 6.04 Å². The Labute approximate surface area is 106 Å². The van der Waals surface area contributed by atoms with Gasteiger partial charge in [-0.3, -0.25) is 0 Å². The van der Waals surface area contributed by atoms with Crippen molar-refractivity contribution in [2.75, 3.05) is 0 Å². The molecule has 3 atom stereocenters. The zero-order chi connectivity index (χ0) is 13.0. The molecular formula is C13H17NO2S. The second-order valence-corrected chi connectivity index (χ2v) is 5.34. The van der Waals surface area contributed by atoms with Gasteiger partial charge in [-0.15, -0.1) is 17.8 Å². The van der Waals surface area contributed by atoms with Gasteiger partial charge in [-0.1, -0.05) is 12.8 Å². The third kappa shape index (κ3) is 3.58. The first kappa shape index (κ1) is 13.8. The highest BCUT2D eigenvalue weighted by atomic mass is 32.1. The maximum atomic E-state index is 11.4. The summed E-state index contributed by atoms with van der Waals surface area (Å²) in [5.41, 5.74) is 5.40. The van der Waals surface area contributed by atoms with Crippen LogP contribution in [0.3, 0.4) is 0 Å². The Hall–Kier alpha value is -1.31. The molecule has 0 fully saturated rings. The van der Waals surface area contributed by atoms with Gasteiger partial charge in [0.2, 0.25) is 0 Å². The van der Waals surface area contributed by atoms with Gasteiger partial charge in [0.05, 0.1) is 0 Å². The van der Waals surface area contributed by atoms with Crippen molar-refractivity contribution in [1.29, 1.82) is 0 Å². The van der Waals surface area contributed by atoms with E-state index in [4.69, 9.17) is 16.9 Å². The quantitative estimate of drug-likeness (QED) is 0.658. The molecule has 0 amide bonds. The first-order chi connectivity index (χ1) is 7.95. The highest BCUT2D eigenvalue weighted by Gasteiger charge is 2.22. The molecule has 1 aromatic rings. The van der Waals surface area contributed by atoms with Gasteiger partial charge in [-0.25, -0.2) is 4.79 Å². The fourth-order valence-corrected chi connectivity index (χ4v) is 2.38. The number of thiophene rings is 1. The third-order valence-corrected chi connectivity index (χ3v) is 3.85. The molecule has 3 nitrogen and oxygen atoms in total. The van der Waals surface area contributed by atoms with Gasteiger partial charge in [-0.05, 0) is 26.0 Å². The van der Waals surface area contributed by atoms with E-state index in [2.05, 4.69) is 18.1 Å². The van der Waals surface area contributed by atoms with E-state index in [1.54, 1.807) is 11.3 Å². The molecule has 0 spiro atoms. The van der Waals surface area contributed by atoms with Gasteiger partial charge in [0.25, 0.3) is 0 Å². The van der Waals surface area contributed by atoms with E-state index in [0.717, 1.165) is 0 Å². The molecule has 2 N–H and O–H groups in total. The molecule has 0 aliphatic rings. The SMILES string of the molecule is C#C[C@H](N)C(=O)O[C@@H](C)[C@@H](C)c1ccc(C)s1. The lowest BCUT2D eigenvalue weighted by Crippen LogP contribution is -2.34. The molecule has 0 unspecified atom stereocenters. The van der Waals surface area contributed by atoms with Crippen molar-refractivity contribution >= 4 is 17.3 Å². The molecule has 4 heteroatoms. The average Bonchev–Trinajstić information content (AvgIpc) is 2.73. The Bertz CT molecular complexity index is 433. The number of ether oxygens (including phenoxy) is 1. The minimum atomic E-state index is -0.977. The Morgan fingerprint density at radius 3 is 2.65 bits per heavy atom. The smallest absolute Gasteiger partial charge is 0.335 e. The second-order valence-electron chi connectivity index (χ2n) is 4.02. The van der Waals surface area contributed by atoms with E-state index >= 15 is 0 Å². The van der Waals surface area contributed by atoms with Gasteiger partial charge in [0, 0.05) is 15.7 Å². The third-order valence-electron chi connectivity index (χ3n) is 2.65. The van der Waals surface area contributed by atoms with E-state index in [1.807, 2.05) is 20.8 Å². The lowest BCUT2D eigenvalue weighted by molar-refractivity contribution is -0.149. The largest absolute Gasteiger partial charge is 0.460 e. The summed E-state index contributed by atoms with van der Waals surface area (Å²) in [7, 11) is 0. The Morgan fingerprint density at radius 2 is 2.18 bits per heavy atom. The normalized spacial score (nSPS) is 15.7. The zero-order valence-corrected chi connectivity index (χ0v) is 11.1. The molecule has 0 radical (unpaired) electrons. The van der Waals surface area contributed by atoms with Crippen molar-refractivity contribution in [2.45, 2.75) is 38.8 Å². The number of esters is 1. The van der Waals surface area contributed by atoms with E-state index in [1.165, 1.54) is 9.75 Å². The summed E-state index contributed by atoms with van der Waals surface area (Å²) in [4.78, 5) is 13.9. The van der Waals surface area contributed by atoms with Gasteiger partial charge in [-0.2, -0.15) is 0 Å². The Balaban J connectivity index is 2.62. The van der Waals surface area contributed by atoms with Gasteiger partial charge in [0.1, 0.15) is 6.10 Å². The van der Waals surface area contributed by atoms with Crippen LogP contribution in [0.25, 0.3) is 0 Å². The van der Waals surface area contributed by atoms with E-state index in [9.17, 15) is 4.79 Å². The van der Waals surface area contributed by atoms with Crippen LogP contribution < -0.4 is 5.73 Å². The first-order valence-electron chi connectivity index (χ1n) is 5.44. The van der Waals surface area contributed by atoms with E-state index in [-0.39, 0.29) is 12.0 Å². The molecule has 0 saturated carbocycles. The predicted octanol–water partition coefficient (Wildman–Crippen LogP) is 2.05. The number of hydrogen-bond donors (Lipinski definition) is 1. The summed E-state index contributed by atoms with van der Waals surface area (Å²) < 4.78 is 5.23. The van der Waals surface area contributed by atoms with Crippen molar-refractivity contribution < 1.29 is 9.53 Å². The molecule has 92 valence electrons. The highest BCUT2D eigenvalue weighted by Crippen LogP contribution is 2.28. The zero-order valence-electron chi connectivity index (χ0n) is 10.3. The average molecular weight is 251 g/mol.